The molecular weight excluding hydrogens is 238 g/mol. The van der Waals surface area contributed by atoms with E-state index in [0.717, 1.165) is 6.42 Å². The molecule has 0 fully saturated rings. The summed E-state index contributed by atoms with van der Waals surface area (Å²) in [4.78, 5) is 0. The fraction of sp³-hybridized carbons (Fsp3) is 0.938. The molecule has 3 nitrogen and oxygen atoms in total. The molecule has 2 atom stereocenters. The lowest BCUT2D eigenvalue weighted by Crippen LogP contribution is -2.43. The third kappa shape index (κ3) is 11.4. The summed E-state index contributed by atoms with van der Waals surface area (Å²) in [5, 5.41) is 21.3. The van der Waals surface area contributed by atoms with Crippen molar-refractivity contribution in [3.05, 3.63) is 6.42 Å². The minimum Gasteiger partial charge on any atom is -0.367 e. The van der Waals surface area contributed by atoms with Crippen LogP contribution in [0.2, 0.25) is 0 Å². The van der Waals surface area contributed by atoms with Crippen LogP contribution in [-0.4, -0.2) is 28.6 Å². The second kappa shape index (κ2) is 12.9. The van der Waals surface area contributed by atoms with E-state index in [1.54, 1.807) is 6.92 Å². The molecule has 2 unspecified atom stereocenters. The molecule has 0 bridgehead atoms. The van der Waals surface area contributed by atoms with E-state index in [2.05, 4.69) is 18.7 Å². The Labute approximate surface area is 119 Å². The predicted octanol–water partition coefficient (Wildman–Crippen LogP) is 3.40. The zero-order valence-corrected chi connectivity index (χ0v) is 13.1. The van der Waals surface area contributed by atoms with Crippen LogP contribution in [-0.2, 0) is 0 Å². The Hall–Kier alpha value is -0.120. The van der Waals surface area contributed by atoms with Crippen LogP contribution in [0.5, 0.6) is 0 Å². The smallest absolute Gasteiger partial charge is 0.166 e. The molecule has 19 heavy (non-hydrogen) atoms. The van der Waals surface area contributed by atoms with Gasteiger partial charge in [-0.15, -0.1) is 0 Å². The van der Waals surface area contributed by atoms with Crippen molar-refractivity contribution in [2.75, 3.05) is 0 Å². The molecule has 0 aliphatic heterocycles. The van der Waals surface area contributed by atoms with Gasteiger partial charge in [0.05, 0.1) is 6.04 Å². The Morgan fingerprint density at radius 1 is 0.947 bits per heavy atom. The Kier molecular flexibility index (Phi) is 12.8. The highest BCUT2D eigenvalue weighted by atomic mass is 16.5. The molecule has 0 aliphatic rings. The van der Waals surface area contributed by atoms with E-state index in [9.17, 15) is 0 Å². The highest BCUT2D eigenvalue weighted by Gasteiger charge is 2.14. The molecule has 0 rings (SSSR count). The molecule has 0 aromatic carbocycles. The van der Waals surface area contributed by atoms with Gasteiger partial charge in [0, 0.05) is 6.04 Å². The number of aliphatic hydroxyl groups excluding tert-OH is 1. The third-order valence-electron chi connectivity index (χ3n) is 3.70. The largest absolute Gasteiger partial charge is 0.367 e. The van der Waals surface area contributed by atoms with Crippen molar-refractivity contribution in [2.45, 2.75) is 96.9 Å². The number of hydrogen-bond acceptors (Lipinski definition) is 3. The van der Waals surface area contributed by atoms with Crippen LogP contribution in [0, 0.1) is 6.42 Å². The summed E-state index contributed by atoms with van der Waals surface area (Å²) >= 11 is 0. The van der Waals surface area contributed by atoms with Crippen LogP contribution in [0.3, 0.4) is 0 Å². The molecule has 0 saturated carbocycles. The fourth-order valence-corrected chi connectivity index (χ4v) is 2.27. The summed E-state index contributed by atoms with van der Waals surface area (Å²) in [6.07, 6.45) is 12.6. The zero-order valence-electron chi connectivity index (χ0n) is 13.1. The van der Waals surface area contributed by atoms with E-state index in [1.807, 2.05) is 6.92 Å². The minimum atomic E-state index is -1.28. The molecular formula is C16H34NO2. The van der Waals surface area contributed by atoms with Gasteiger partial charge in [0.1, 0.15) is 0 Å². The quantitative estimate of drug-likeness (QED) is 0.356. The van der Waals surface area contributed by atoms with Crippen LogP contribution in [0.1, 0.15) is 78.6 Å². The van der Waals surface area contributed by atoms with Gasteiger partial charge in [0.15, 0.2) is 6.29 Å². The van der Waals surface area contributed by atoms with Gasteiger partial charge < -0.3 is 15.5 Å². The Morgan fingerprint density at radius 3 is 1.95 bits per heavy atom. The fourth-order valence-electron chi connectivity index (χ4n) is 2.27. The molecule has 0 saturated heterocycles. The Morgan fingerprint density at radius 2 is 1.47 bits per heavy atom. The van der Waals surface area contributed by atoms with E-state index in [-0.39, 0.29) is 12.1 Å². The molecule has 0 heterocycles. The summed E-state index contributed by atoms with van der Waals surface area (Å²) in [7, 11) is 0. The van der Waals surface area contributed by atoms with Gasteiger partial charge in [0.25, 0.3) is 0 Å². The molecule has 1 radical (unpaired) electrons. The van der Waals surface area contributed by atoms with Crippen molar-refractivity contribution in [2.24, 2.45) is 0 Å². The van der Waals surface area contributed by atoms with Crippen molar-refractivity contribution in [3.8, 4) is 0 Å². The lowest BCUT2D eigenvalue weighted by molar-refractivity contribution is -0.0642. The maximum absolute atomic E-state index is 9.06. The highest BCUT2D eigenvalue weighted by Crippen LogP contribution is 2.12. The van der Waals surface area contributed by atoms with Crippen LogP contribution < -0.4 is 5.32 Å². The normalized spacial score (nSPS) is 14.8. The van der Waals surface area contributed by atoms with E-state index < -0.39 is 6.29 Å². The molecule has 0 spiro atoms. The van der Waals surface area contributed by atoms with Gasteiger partial charge in [-0.25, -0.2) is 0 Å². The lowest BCUT2D eigenvalue weighted by Gasteiger charge is -2.23. The standard InChI is InChI=1S/C16H34NO2/c1-4-6-7-8-9-10-11-12-13-15(5-2)17-14(3)16(18)19/h5,14-19H,4,6-13H2,1-3H3. The van der Waals surface area contributed by atoms with E-state index >= 15 is 0 Å². The third-order valence-corrected chi connectivity index (χ3v) is 3.70. The van der Waals surface area contributed by atoms with Gasteiger partial charge in [-0.05, 0) is 19.8 Å². The van der Waals surface area contributed by atoms with Crippen LogP contribution in [0.25, 0.3) is 0 Å². The monoisotopic (exact) mass is 272 g/mol. The van der Waals surface area contributed by atoms with Crippen molar-refractivity contribution >= 4 is 0 Å². The average Bonchev–Trinajstić information content (AvgIpc) is 2.39. The first-order valence-electron chi connectivity index (χ1n) is 8.03. The zero-order chi connectivity index (χ0) is 14.5. The molecule has 0 aliphatic carbocycles. The number of nitrogens with one attached hydrogen (secondary N) is 1. The van der Waals surface area contributed by atoms with Crippen molar-refractivity contribution in [1.82, 2.24) is 5.32 Å². The summed E-state index contributed by atoms with van der Waals surface area (Å²) in [6, 6.07) is 0.0205. The molecule has 0 aromatic heterocycles. The number of aliphatic hydroxyl groups is 2. The van der Waals surface area contributed by atoms with Crippen molar-refractivity contribution in [1.29, 1.82) is 0 Å². The summed E-state index contributed by atoms with van der Waals surface area (Å²) in [6.45, 7) is 6.08. The first-order valence-corrected chi connectivity index (χ1v) is 8.03. The van der Waals surface area contributed by atoms with Crippen molar-refractivity contribution < 1.29 is 10.2 Å². The summed E-state index contributed by atoms with van der Waals surface area (Å²) < 4.78 is 0. The maximum atomic E-state index is 9.06. The van der Waals surface area contributed by atoms with E-state index in [0.29, 0.717) is 0 Å². The SMILES string of the molecule is C[CH]C(CCCCCCCCCC)NC(C)C(O)O. The van der Waals surface area contributed by atoms with Crippen LogP contribution in [0.4, 0.5) is 0 Å². The predicted molar refractivity (Wildman–Crippen MR) is 81.8 cm³/mol. The van der Waals surface area contributed by atoms with Gasteiger partial charge in [-0.1, -0.05) is 65.2 Å². The second-order valence-electron chi connectivity index (χ2n) is 5.57. The Balaban J connectivity index is 3.46. The first kappa shape index (κ1) is 18.9. The van der Waals surface area contributed by atoms with Gasteiger partial charge in [-0.3, -0.25) is 0 Å². The molecule has 0 amide bonds. The maximum Gasteiger partial charge on any atom is 0.166 e. The van der Waals surface area contributed by atoms with Gasteiger partial charge in [-0.2, -0.15) is 0 Å². The lowest BCUT2D eigenvalue weighted by atomic mass is 10.0. The molecule has 3 N–H and O–H groups in total. The number of rotatable bonds is 13. The molecule has 3 heteroatoms. The summed E-state index contributed by atoms with van der Waals surface area (Å²) in [5.74, 6) is 0. The highest BCUT2D eigenvalue weighted by molar-refractivity contribution is 4.81. The molecule has 115 valence electrons. The first-order chi connectivity index (χ1) is 9.11. The van der Waals surface area contributed by atoms with E-state index in [1.165, 1.54) is 51.4 Å². The number of hydrogen-bond donors (Lipinski definition) is 3. The minimum absolute atomic E-state index is 0.268. The topological polar surface area (TPSA) is 52.5 Å². The van der Waals surface area contributed by atoms with Gasteiger partial charge in [0.2, 0.25) is 0 Å². The average molecular weight is 272 g/mol. The second-order valence-corrected chi connectivity index (χ2v) is 5.57. The van der Waals surface area contributed by atoms with E-state index in [4.69, 9.17) is 10.2 Å². The Bertz CT molecular complexity index is 186. The van der Waals surface area contributed by atoms with Crippen LogP contribution >= 0.6 is 0 Å². The molecule has 0 aromatic rings. The summed E-state index contributed by atoms with van der Waals surface area (Å²) in [5.41, 5.74) is 0. The van der Waals surface area contributed by atoms with Crippen LogP contribution in [0.15, 0.2) is 0 Å². The number of unbranched alkanes of at least 4 members (excludes halogenated alkanes) is 7. The van der Waals surface area contributed by atoms with Gasteiger partial charge >= 0.3 is 0 Å². The van der Waals surface area contributed by atoms with Crippen molar-refractivity contribution in [3.63, 3.8) is 0 Å².